The van der Waals surface area contributed by atoms with Crippen molar-refractivity contribution in [2.24, 2.45) is 0 Å². The first kappa shape index (κ1) is 18.0. The van der Waals surface area contributed by atoms with Gasteiger partial charge in [0.1, 0.15) is 17.1 Å². The van der Waals surface area contributed by atoms with E-state index in [4.69, 9.17) is 9.72 Å². The summed E-state index contributed by atoms with van der Waals surface area (Å²) in [6, 6.07) is 8.16. The van der Waals surface area contributed by atoms with Gasteiger partial charge in [0.25, 0.3) is 5.56 Å². The fourth-order valence-electron chi connectivity index (χ4n) is 3.75. The molecule has 0 radical (unpaired) electrons. The van der Waals surface area contributed by atoms with E-state index in [1.165, 1.54) is 4.90 Å². The molecule has 1 aromatic carbocycles. The van der Waals surface area contributed by atoms with Crippen molar-refractivity contribution in [3.05, 3.63) is 50.9 Å². The summed E-state index contributed by atoms with van der Waals surface area (Å²) < 4.78 is 5.49. The van der Waals surface area contributed by atoms with E-state index < -0.39 is 0 Å². The summed E-state index contributed by atoms with van der Waals surface area (Å²) in [5.74, 6) is 1.70. The van der Waals surface area contributed by atoms with Crippen molar-refractivity contribution in [2.75, 3.05) is 38.2 Å². The Kier molecular flexibility index (Phi) is 4.88. The minimum Gasteiger partial charge on any atom is -0.495 e. The van der Waals surface area contributed by atoms with Gasteiger partial charge in [0, 0.05) is 4.88 Å². The first-order valence-corrected chi connectivity index (χ1v) is 10.1. The van der Waals surface area contributed by atoms with Gasteiger partial charge < -0.3 is 19.5 Å². The van der Waals surface area contributed by atoms with Gasteiger partial charge in [0.15, 0.2) is 5.82 Å². The number of ether oxygens (including phenoxy) is 1. The Morgan fingerprint density at radius 1 is 1.26 bits per heavy atom. The van der Waals surface area contributed by atoms with Crippen LogP contribution in [0.5, 0.6) is 5.75 Å². The molecule has 1 aliphatic rings. The number of aryl methyl sites for hydroxylation is 2. The zero-order valence-corrected chi connectivity index (χ0v) is 16.8. The normalized spacial score (nSPS) is 15.4. The SMILES string of the molecule is COc1ccccc1N1CC[NH+](Cc2nc3sc(C)c(C)c3c(=O)[nH]2)CC1. The largest absolute Gasteiger partial charge is 0.495 e. The molecule has 0 aliphatic carbocycles. The summed E-state index contributed by atoms with van der Waals surface area (Å²) in [5.41, 5.74) is 2.19. The quantitative estimate of drug-likeness (QED) is 0.715. The summed E-state index contributed by atoms with van der Waals surface area (Å²) in [7, 11) is 1.71. The zero-order chi connectivity index (χ0) is 19.0. The van der Waals surface area contributed by atoms with E-state index in [-0.39, 0.29) is 5.56 Å². The molecule has 142 valence electrons. The minimum atomic E-state index is -0.0103. The molecule has 1 aliphatic heterocycles. The van der Waals surface area contributed by atoms with Crippen molar-refractivity contribution in [3.63, 3.8) is 0 Å². The molecule has 7 heteroatoms. The number of H-pyrrole nitrogens is 1. The Hall–Kier alpha value is -2.38. The van der Waals surface area contributed by atoms with Gasteiger partial charge in [-0.2, -0.15) is 0 Å². The predicted octanol–water partition coefficient (Wildman–Crippen LogP) is 1.52. The molecule has 0 bridgehead atoms. The van der Waals surface area contributed by atoms with E-state index >= 15 is 0 Å². The van der Waals surface area contributed by atoms with Crippen LogP contribution in [0, 0.1) is 13.8 Å². The molecule has 2 aromatic heterocycles. The molecule has 0 saturated carbocycles. The molecule has 1 saturated heterocycles. The second-order valence-corrected chi connectivity index (χ2v) is 8.26. The van der Waals surface area contributed by atoms with Crippen LogP contribution in [0.25, 0.3) is 10.2 Å². The number of methoxy groups -OCH3 is 1. The number of hydrogen-bond acceptors (Lipinski definition) is 5. The number of piperazine rings is 1. The van der Waals surface area contributed by atoms with Crippen LogP contribution in [0.4, 0.5) is 5.69 Å². The fourth-order valence-corrected chi connectivity index (χ4v) is 4.80. The number of anilines is 1. The maximum atomic E-state index is 12.5. The van der Waals surface area contributed by atoms with E-state index in [2.05, 4.69) is 16.0 Å². The van der Waals surface area contributed by atoms with Crippen molar-refractivity contribution >= 4 is 27.2 Å². The molecular weight excluding hydrogens is 360 g/mol. The Morgan fingerprint density at radius 2 is 2.00 bits per heavy atom. The van der Waals surface area contributed by atoms with Crippen LogP contribution in [-0.4, -0.2) is 43.3 Å². The summed E-state index contributed by atoms with van der Waals surface area (Å²) in [5, 5.41) is 0.747. The zero-order valence-electron chi connectivity index (χ0n) is 16.0. The number of nitrogens with zero attached hydrogens (tertiary/aromatic N) is 2. The summed E-state index contributed by atoms with van der Waals surface area (Å²) in [6.45, 7) is 8.71. The Balaban J connectivity index is 1.46. The number of thiophene rings is 1. The van der Waals surface area contributed by atoms with Gasteiger partial charge in [-0.1, -0.05) is 12.1 Å². The minimum absolute atomic E-state index is 0.0103. The molecular formula is C20H25N4O2S+. The van der Waals surface area contributed by atoms with Crippen LogP contribution in [0.2, 0.25) is 0 Å². The van der Waals surface area contributed by atoms with E-state index in [1.807, 2.05) is 32.0 Å². The highest BCUT2D eigenvalue weighted by Crippen LogP contribution is 2.27. The number of aromatic amines is 1. The molecule has 3 aromatic rings. The molecule has 0 atom stereocenters. The Bertz CT molecular complexity index is 1020. The number of quaternary nitrogens is 1. The van der Waals surface area contributed by atoms with Crippen LogP contribution in [0.15, 0.2) is 29.1 Å². The van der Waals surface area contributed by atoms with Gasteiger partial charge in [-0.3, -0.25) is 4.79 Å². The van der Waals surface area contributed by atoms with E-state index in [0.717, 1.165) is 70.6 Å². The lowest BCUT2D eigenvalue weighted by atomic mass is 10.2. The number of aromatic nitrogens is 2. The van der Waals surface area contributed by atoms with Gasteiger partial charge >= 0.3 is 0 Å². The van der Waals surface area contributed by atoms with Gasteiger partial charge in [0.05, 0.1) is 44.4 Å². The highest BCUT2D eigenvalue weighted by molar-refractivity contribution is 7.18. The topological polar surface area (TPSA) is 62.7 Å². The maximum absolute atomic E-state index is 12.5. The lowest BCUT2D eigenvalue weighted by Crippen LogP contribution is -3.13. The van der Waals surface area contributed by atoms with Gasteiger partial charge in [-0.15, -0.1) is 11.3 Å². The molecule has 0 unspecified atom stereocenters. The van der Waals surface area contributed by atoms with E-state index in [1.54, 1.807) is 18.4 Å². The second kappa shape index (κ2) is 7.32. The lowest BCUT2D eigenvalue weighted by Gasteiger charge is -2.34. The summed E-state index contributed by atoms with van der Waals surface area (Å²) in [4.78, 5) is 26.0. The number of rotatable bonds is 4. The molecule has 4 rings (SSSR count). The maximum Gasteiger partial charge on any atom is 0.260 e. The first-order chi connectivity index (χ1) is 13.1. The number of hydrogen-bond donors (Lipinski definition) is 2. The average molecular weight is 386 g/mol. The standard InChI is InChI=1S/C20H24N4O2S/c1-13-14(2)27-20-18(13)19(25)21-17(22-20)12-23-8-10-24(11-9-23)15-6-4-5-7-16(15)26-3/h4-7H,8-12H2,1-3H3,(H,21,22,25)/p+1. The van der Waals surface area contributed by atoms with Crippen molar-refractivity contribution in [1.82, 2.24) is 9.97 Å². The van der Waals surface area contributed by atoms with Gasteiger partial charge in [0.2, 0.25) is 0 Å². The molecule has 2 N–H and O–H groups in total. The van der Waals surface area contributed by atoms with Crippen molar-refractivity contribution < 1.29 is 9.64 Å². The summed E-state index contributed by atoms with van der Waals surface area (Å²) >= 11 is 1.61. The lowest BCUT2D eigenvalue weighted by molar-refractivity contribution is -0.915. The fraction of sp³-hybridized carbons (Fsp3) is 0.400. The van der Waals surface area contributed by atoms with Crippen LogP contribution < -0.4 is 20.1 Å². The Morgan fingerprint density at radius 3 is 2.74 bits per heavy atom. The number of para-hydroxylation sites is 2. The van der Waals surface area contributed by atoms with Crippen LogP contribution in [0.3, 0.4) is 0 Å². The molecule has 27 heavy (non-hydrogen) atoms. The molecule has 6 nitrogen and oxygen atoms in total. The predicted molar refractivity (Wildman–Crippen MR) is 109 cm³/mol. The number of benzene rings is 1. The average Bonchev–Trinajstić information content (AvgIpc) is 2.96. The van der Waals surface area contributed by atoms with Crippen LogP contribution in [-0.2, 0) is 6.54 Å². The highest BCUT2D eigenvalue weighted by atomic mass is 32.1. The molecule has 1 fully saturated rings. The number of fused-ring (bicyclic) bond motifs is 1. The van der Waals surface area contributed by atoms with Crippen LogP contribution >= 0.6 is 11.3 Å². The third-order valence-corrected chi connectivity index (χ3v) is 6.50. The summed E-state index contributed by atoms with van der Waals surface area (Å²) in [6.07, 6.45) is 0. The van der Waals surface area contributed by atoms with Crippen molar-refractivity contribution in [2.45, 2.75) is 20.4 Å². The third-order valence-electron chi connectivity index (χ3n) is 5.40. The van der Waals surface area contributed by atoms with E-state index in [0.29, 0.717) is 0 Å². The highest BCUT2D eigenvalue weighted by Gasteiger charge is 2.23. The Labute approximate surface area is 162 Å². The smallest absolute Gasteiger partial charge is 0.260 e. The van der Waals surface area contributed by atoms with Crippen molar-refractivity contribution in [1.29, 1.82) is 0 Å². The van der Waals surface area contributed by atoms with Crippen LogP contribution in [0.1, 0.15) is 16.3 Å². The van der Waals surface area contributed by atoms with E-state index in [9.17, 15) is 4.79 Å². The molecule has 3 heterocycles. The van der Waals surface area contributed by atoms with Gasteiger partial charge in [-0.05, 0) is 31.5 Å². The molecule has 0 spiro atoms. The third kappa shape index (κ3) is 3.44. The van der Waals surface area contributed by atoms with Gasteiger partial charge in [-0.25, -0.2) is 4.98 Å². The van der Waals surface area contributed by atoms with Crippen molar-refractivity contribution in [3.8, 4) is 5.75 Å². The monoisotopic (exact) mass is 385 g/mol. The molecule has 0 amide bonds. The second-order valence-electron chi connectivity index (χ2n) is 7.06. The first-order valence-electron chi connectivity index (χ1n) is 9.27. The number of nitrogens with one attached hydrogen (secondary N) is 2.